The topological polar surface area (TPSA) is 82.6 Å². The summed E-state index contributed by atoms with van der Waals surface area (Å²) in [7, 11) is 1.72. The molecular formula is C14H20N2O4. The number of hydrogen-bond donors (Lipinski definition) is 2. The number of ether oxygens (including phenoxy) is 1. The van der Waals surface area contributed by atoms with Crippen molar-refractivity contribution in [2.45, 2.75) is 32.8 Å². The predicted octanol–water partition coefficient (Wildman–Crippen LogP) is 1.58. The van der Waals surface area contributed by atoms with Crippen molar-refractivity contribution >= 4 is 11.9 Å². The van der Waals surface area contributed by atoms with Gasteiger partial charge in [-0.15, -0.1) is 0 Å². The van der Waals surface area contributed by atoms with Crippen LogP contribution in [0.2, 0.25) is 0 Å². The molecule has 1 aromatic heterocycles. The van der Waals surface area contributed by atoms with E-state index in [2.05, 4.69) is 4.98 Å². The van der Waals surface area contributed by atoms with Gasteiger partial charge < -0.3 is 19.7 Å². The Bertz CT molecular complexity index is 530. The lowest BCUT2D eigenvalue weighted by molar-refractivity contribution is 0.0586. The summed E-state index contributed by atoms with van der Waals surface area (Å²) >= 11 is 0. The Morgan fingerprint density at radius 3 is 2.65 bits per heavy atom. The normalized spacial score (nSPS) is 18.2. The maximum Gasteiger partial charge on any atom is 0.352 e. The highest BCUT2D eigenvalue weighted by Gasteiger charge is 2.26. The van der Waals surface area contributed by atoms with Gasteiger partial charge in [-0.3, -0.25) is 4.79 Å². The van der Waals surface area contributed by atoms with Crippen LogP contribution in [0.5, 0.6) is 0 Å². The molecule has 2 N–H and O–H groups in total. The molecule has 1 unspecified atom stereocenters. The van der Waals surface area contributed by atoms with E-state index in [1.54, 1.807) is 25.8 Å². The summed E-state index contributed by atoms with van der Waals surface area (Å²) in [4.78, 5) is 27.9. The third-order valence-electron chi connectivity index (χ3n) is 3.71. The van der Waals surface area contributed by atoms with Crippen LogP contribution in [0.3, 0.4) is 0 Å². The van der Waals surface area contributed by atoms with E-state index in [1.165, 1.54) is 0 Å². The van der Waals surface area contributed by atoms with E-state index < -0.39 is 5.97 Å². The number of rotatable bonds is 4. The van der Waals surface area contributed by atoms with E-state index in [0.29, 0.717) is 23.4 Å². The molecule has 1 atom stereocenters. The maximum atomic E-state index is 12.5. The Balaban J connectivity index is 2.17. The Morgan fingerprint density at radius 1 is 1.45 bits per heavy atom. The molecule has 0 aliphatic carbocycles. The smallest absolute Gasteiger partial charge is 0.352 e. The van der Waals surface area contributed by atoms with Gasteiger partial charge in [0.05, 0.1) is 11.7 Å². The van der Waals surface area contributed by atoms with Crippen molar-refractivity contribution in [3.8, 4) is 0 Å². The second-order valence-electron chi connectivity index (χ2n) is 5.25. The number of carboxylic acid groups (broad SMARTS) is 1. The van der Waals surface area contributed by atoms with Crippen molar-refractivity contribution < 1.29 is 19.4 Å². The molecule has 110 valence electrons. The lowest BCUT2D eigenvalue weighted by Gasteiger charge is -2.21. The van der Waals surface area contributed by atoms with Crippen molar-refractivity contribution in [3.05, 3.63) is 22.5 Å². The maximum absolute atomic E-state index is 12.5. The minimum atomic E-state index is -1.05. The second kappa shape index (κ2) is 5.66. The molecule has 1 saturated heterocycles. The van der Waals surface area contributed by atoms with Crippen LogP contribution in [0, 0.1) is 13.8 Å². The van der Waals surface area contributed by atoms with E-state index in [9.17, 15) is 9.59 Å². The highest BCUT2D eigenvalue weighted by atomic mass is 16.5. The Kier molecular flexibility index (Phi) is 4.13. The average Bonchev–Trinajstić information content (AvgIpc) is 2.97. The number of aromatic amines is 1. The molecule has 2 rings (SSSR count). The molecule has 0 bridgehead atoms. The molecule has 1 fully saturated rings. The molecule has 0 aromatic carbocycles. The number of likely N-dealkylation sites (N-methyl/N-ethyl adjacent to an activating group) is 1. The summed E-state index contributed by atoms with van der Waals surface area (Å²) in [6, 6.07) is 0. The molecule has 0 saturated carbocycles. The molecule has 1 aliphatic heterocycles. The summed E-state index contributed by atoms with van der Waals surface area (Å²) < 4.78 is 5.52. The zero-order valence-corrected chi connectivity index (χ0v) is 12.0. The van der Waals surface area contributed by atoms with Crippen LogP contribution in [0.15, 0.2) is 0 Å². The summed E-state index contributed by atoms with van der Waals surface area (Å²) in [5.41, 5.74) is 1.60. The van der Waals surface area contributed by atoms with Gasteiger partial charge in [0.2, 0.25) is 0 Å². The Hall–Kier alpha value is -1.82. The number of amides is 1. The van der Waals surface area contributed by atoms with E-state index in [4.69, 9.17) is 9.84 Å². The highest BCUT2D eigenvalue weighted by Crippen LogP contribution is 2.21. The lowest BCUT2D eigenvalue weighted by atomic mass is 10.1. The third-order valence-corrected chi connectivity index (χ3v) is 3.71. The first-order valence-electron chi connectivity index (χ1n) is 6.71. The van der Waals surface area contributed by atoms with Crippen molar-refractivity contribution in [2.24, 2.45) is 0 Å². The van der Waals surface area contributed by atoms with Gasteiger partial charge in [-0.1, -0.05) is 0 Å². The molecule has 20 heavy (non-hydrogen) atoms. The van der Waals surface area contributed by atoms with Gasteiger partial charge in [-0.2, -0.15) is 0 Å². The number of nitrogens with one attached hydrogen (secondary N) is 1. The van der Waals surface area contributed by atoms with Crippen molar-refractivity contribution in [3.63, 3.8) is 0 Å². The molecular weight excluding hydrogens is 260 g/mol. The van der Waals surface area contributed by atoms with Crippen LogP contribution in [0.4, 0.5) is 0 Å². The highest BCUT2D eigenvalue weighted by molar-refractivity contribution is 6.00. The molecule has 0 radical (unpaired) electrons. The molecule has 6 nitrogen and oxygen atoms in total. The van der Waals surface area contributed by atoms with Gasteiger partial charge in [-0.05, 0) is 32.3 Å². The van der Waals surface area contributed by atoms with Crippen LogP contribution in [0.1, 0.15) is 44.9 Å². The largest absolute Gasteiger partial charge is 0.477 e. The van der Waals surface area contributed by atoms with E-state index in [0.717, 1.165) is 19.4 Å². The first kappa shape index (κ1) is 14.6. The fourth-order valence-electron chi connectivity index (χ4n) is 2.65. The summed E-state index contributed by atoms with van der Waals surface area (Å²) in [5, 5.41) is 9.08. The van der Waals surface area contributed by atoms with Crippen LogP contribution < -0.4 is 0 Å². The van der Waals surface area contributed by atoms with Gasteiger partial charge in [0.1, 0.15) is 5.69 Å². The average molecular weight is 280 g/mol. The molecule has 0 spiro atoms. The minimum absolute atomic E-state index is 0.0800. The number of aryl methyl sites for hydroxylation is 1. The van der Waals surface area contributed by atoms with Gasteiger partial charge in [0.15, 0.2) is 0 Å². The zero-order valence-electron chi connectivity index (χ0n) is 12.0. The number of aromatic carboxylic acids is 1. The van der Waals surface area contributed by atoms with Gasteiger partial charge >= 0.3 is 5.97 Å². The molecule has 6 heteroatoms. The molecule has 1 amide bonds. The molecule has 1 aliphatic rings. The molecule has 2 heterocycles. The number of hydrogen-bond acceptors (Lipinski definition) is 3. The third kappa shape index (κ3) is 2.70. The minimum Gasteiger partial charge on any atom is -0.477 e. The second-order valence-corrected chi connectivity index (χ2v) is 5.25. The number of H-pyrrole nitrogens is 1. The van der Waals surface area contributed by atoms with E-state index in [-0.39, 0.29) is 17.7 Å². The van der Waals surface area contributed by atoms with E-state index >= 15 is 0 Å². The number of carbonyl (C=O) groups excluding carboxylic acids is 1. The number of carboxylic acids is 1. The monoisotopic (exact) mass is 280 g/mol. The number of aromatic nitrogens is 1. The summed E-state index contributed by atoms with van der Waals surface area (Å²) in [5.74, 6) is -1.22. The Labute approximate surface area is 117 Å². The van der Waals surface area contributed by atoms with Crippen molar-refractivity contribution in [1.29, 1.82) is 0 Å². The summed E-state index contributed by atoms with van der Waals surface area (Å²) in [6.45, 7) is 4.65. The SMILES string of the molecule is Cc1[nH]c(C(=O)O)c(C)c1C(=O)N(C)CC1CCCO1. The number of carbonyl (C=O) groups is 2. The van der Waals surface area contributed by atoms with Crippen molar-refractivity contribution in [2.75, 3.05) is 20.2 Å². The predicted molar refractivity (Wildman–Crippen MR) is 73.2 cm³/mol. The van der Waals surface area contributed by atoms with Crippen LogP contribution >= 0.6 is 0 Å². The first-order chi connectivity index (χ1) is 9.41. The fourth-order valence-corrected chi connectivity index (χ4v) is 2.65. The Morgan fingerprint density at radius 2 is 2.15 bits per heavy atom. The number of nitrogens with zero attached hydrogens (tertiary/aromatic N) is 1. The van der Waals surface area contributed by atoms with Crippen LogP contribution in [0.25, 0.3) is 0 Å². The quantitative estimate of drug-likeness (QED) is 0.877. The van der Waals surface area contributed by atoms with Crippen molar-refractivity contribution in [1.82, 2.24) is 9.88 Å². The lowest BCUT2D eigenvalue weighted by Crippen LogP contribution is -2.34. The van der Waals surface area contributed by atoms with E-state index in [1.807, 2.05) is 0 Å². The zero-order chi connectivity index (χ0) is 14.9. The fraction of sp³-hybridized carbons (Fsp3) is 0.571. The van der Waals surface area contributed by atoms with Crippen LogP contribution in [-0.4, -0.2) is 53.2 Å². The van der Waals surface area contributed by atoms with Gasteiger partial charge in [0.25, 0.3) is 5.91 Å². The summed E-state index contributed by atoms with van der Waals surface area (Å²) in [6.07, 6.45) is 2.07. The molecule has 1 aromatic rings. The van der Waals surface area contributed by atoms with Crippen LogP contribution in [-0.2, 0) is 4.74 Å². The van der Waals surface area contributed by atoms with Gasteiger partial charge in [0, 0.05) is 25.9 Å². The standard InChI is InChI=1S/C14H20N2O4/c1-8-11(9(2)15-12(8)14(18)19)13(17)16(3)7-10-5-4-6-20-10/h10,15H,4-7H2,1-3H3,(H,18,19). The van der Waals surface area contributed by atoms with Gasteiger partial charge in [-0.25, -0.2) is 4.79 Å². The first-order valence-corrected chi connectivity index (χ1v) is 6.71.